The minimum atomic E-state index is 0.315. The summed E-state index contributed by atoms with van der Waals surface area (Å²) in [5, 5.41) is 12.7. The van der Waals surface area contributed by atoms with Crippen molar-refractivity contribution in [2.75, 3.05) is 29.9 Å². The van der Waals surface area contributed by atoms with Crippen LogP contribution in [0.25, 0.3) is 0 Å². The van der Waals surface area contributed by atoms with E-state index in [1.807, 2.05) is 11.7 Å². The second-order valence-corrected chi connectivity index (χ2v) is 7.74. The lowest BCUT2D eigenvalue weighted by molar-refractivity contribution is 0.203. The molecule has 2 aromatic rings. The van der Waals surface area contributed by atoms with E-state index in [-0.39, 0.29) is 0 Å². The predicted molar refractivity (Wildman–Crippen MR) is 97.7 cm³/mol. The number of aliphatic hydroxyl groups is 1. The SMILES string of the molecule is OCC1CCN(c2ccc(NCc3scnc3C3CC3)nc2)CC1. The van der Waals surface area contributed by atoms with Gasteiger partial charge in [-0.05, 0) is 43.7 Å². The Balaban J connectivity index is 1.33. The van der Waals surface area contributed by atoms with E-state index < -0.39 is 0 Å². The number of piperidine rings is 1. The zero-order chi connectivity index (χ0) is 16.4. The highest BCUT2D eigenvalue weighted by Gasteiger charge is 2.28. The molecule has 1 saturated heterocycles. The molecule has 1 saturated carbocycles. The summed E-state index contributed by atoms with van der Waals surface area (Å²) in [5.41, 5.74) is 4.42. The average molecular weight is 344 g/mol. The van der Waals surface area contributed by atoms with Crippen LogP contribution < -0.4 is 10.2 Å². The summed E-state index contributed by atoms with van der Waals surface area (Å²) >= 11 is 1.74. The van der Waals surface area contributed by atoms with Gasteiger partial charge < -0.3 is 15.3 Å². The molecule has 0 radical (unpaired) electrons. The second kappa shape index (κ2) is 7.07. The Morgan fingerprint density at radius 3 is 2.67 bits per heavy atom. The molecule has 6 heteroatoms. The number of thiazole rings is 1. The van der Waals surface area contributed by atoms with Crippen LogP contribution in [0, 0.1) is 5.92 Å². The molecule has 1 aliphatic carbocycles. The van der Waals surface area contributed by atoms with Gasteiger partial charge in [-0.2, -0.15) is 0 Å². The summed E-state index contributed by atoms with van der Waals surface area (Å²) in [6.07, 6.45) is 6.65. The topological polar surface area (TPSA) is 61.3 Å². The number of hydrogen-bond acceptors (Lipinski definition) is 6. The van der Waals surface area contributed by atoms with Crippen LogP contribution in [0.4, 0.5) is 11.5 Å². The molecule has 5 nitrogen and oxygen atoms in total. The lowest BCUT2D eigenvalue weighted by Gasteiger charge is -2.32. The van der Waals surface area contributed by atoms with Gasteiger partial charge in [0, 0.05) is 30.5 Å². The highest BCUT2D eigenvalue weighted by atomic mass is 32.1. The number of pyridine rings is 1. The zero-order valence-electron chi connectivity index (χ0n) is 13.8. The monoisotopic (exact) mass is 344 g/mol. The standard InChI is InChI=1S/C18H24N4OS/c23-11-13-5-7-22(8-6-13)15-3-4-17(19-9-15)20-10-16-18(14-1-2-14)21-12-24-16/h3-4,9,12-14,23H,1-2,5-8,10-11H2,(H,19,20). The molecule has 128 valence electrons. The molecular weight excluding hydrogens is 320 g/mol. The first kappa shape index (κ1) is 15.8. The normalized spacial score (nSPS) is 18.8. The maximum atomic E-state index is 9.24. The van der Waals surface area contributed by atoms with E-state index in [0.717, 1.165) is 38.3 Å². The molecule has 0 spiro atoms. The second-order valence-electron chi connectivity index (χ2n) is 6.80. The van der Waals surface area contributed by atoms with Gasteiger partial charge in [-0.3, -0.25) is 0 Å². The van der Waals surface area contributed by atoms with E-state index >= 15 is 0 Å². The van der Waals surface area contributed by atoms with Crippen molar-refractivity contribution in [3.8, 4) is 0 Å². The quantitative estimate of drug-likeness (QED) is 0.842. The summed E-state index contributed by atoms with van der Waals surface area (Å²) in [7, 11) is 0. The summed E-state index contributed by atoms with van der Waals surface area (Å²) in [6, 6.07) is 4.20. The molecule has 2 fully saturated rings. The first-order chi connectivity index (χ1) is 11.8. The Bertz CT molecular complexity index is 660. The fraction of sp³-hybridized carbons (Fsp3) is 0.556. The van der Waals surface area contributed by atoms with E-state index in [1.54, 1.807) is 11.3 Å². The molecule has 2 aliphatic rings. The van der Waals surface area contributed by atoms with Crippen molar-refractivity contribution >= 4 is 22.8 Å². The zero-order valence-corrected chi connectivity index (χ0v) is 14.6. The third-order valence-corrected chi connectivity index (χ3v) is 5.90. The largest absolute Gasteiger partial charge is 0.396 e. The third-order valence-electron chi connectivity index (χ3n) is 5.05. The first-order valence-corrected chi connectivity index (χ1v) is 9.69. The smallest absolute Gasteiger partial charge is 0.126 e. The molecule has 2 N–H and O–H groups in total. The average Bonchev–Trinajstić information content (AvgIpc) is 3.38. The van der Waals surface area contributed by atoms with Crippen molar-refractivity contribution in [1.82, 2.24) is 9.97 Å². The van der Waals surface area contributed by atoms with Crippen molar-refractivity contribution in [1.29, 1.82) is 0 Å². The van der Waals surface area contributed by atoms with E-state index in [9.17, 15) is 5.11 Å². The van der Waals surface area contributed by atoms with Crippen molar-refractivity contribution in [2.24, 2.45) is 5.92 Å². The van der Waals surface area contributed by atoms with Crippen LogP contribution >= 0.6 is 11.3 Å². The van der Waals surface area contributed by atoms with Crippen molar-refractivity contribution in [3.63, 3.8) is 0 Å². The summed E-state index contributed by atoms with van der Waals surface area (Å²) in [5.74, 6) is 2.08. The fourth-order valence-corrected chi connectivity index (χ4v) is 4.11. The third kappa shape index (κ3) is 3.54. The Kier molecular flexibility index (Phi) is 4.67. The molecule has 1 aliphatic heterocycles. The van der Waals surface area contributed by atoms with Crippen molar-refractivity contribution in [2.45, 2.75) is 38.1 Å². The van der Waals surface area contributed by atoms with Crippen LogP contribution in [-0.4, -0.2) is 34.8 Å². The van der Waals surface area contributed by atoms with Crippen LogP contribution in [-0.2, 0) is 6.54 Å². The first-order valence-electron chi connectivity index (χ1n) is 8.81. The highest BCUT2D eigenvalue weighted by Crippen LogP contribution is 2.41. The molecule has 0 amide bonds. The number of hydrogen-bond donors (Lipinski definition) is 2. The van der Waals surface area contributed by atoms with Crippen LogP contribution in [0.1, 0.15) is 42.2 Å². The molecule has 0 atom stereocenters. The Morgan fingerprint density at radius 1 is 1.17 bits per heavy atom. The molecule has 0 aromatic carbocycles. The number of nitrogens with one attached hydrogen (secondary N) is 1. The van der Waals surface area contributed by atoms with Gasteiger partial charge in [0.2, 0.25) is 0 Å². The number of rotatable bonds is 6. The maximum Gasteiger partial charge on any atom is 0.126 e. The van der Waals surface area contributed by atoms with Crippen LogP contribution in [0.5, 0.6) is 0 Å². The van der Waals surface area contributed by atoms with E-state index in [0.29, 0.717) is 18.4 Å². The van der Waals surface area contributed by atoms with Gasteiger partial charge in [0.25, 0.3) is 0 Å². The molecule has 4 rings (SSSR count). The molecule has 0 bridgehead atoms. The molecular formula is C18H24N4OS. The van der Waals surface area contributed by atoms with E-state index in [1.165, 1.54) is 29.1 Å². The van der Waals surface area contributed by atoms with Crippen molar-refractivity contribution < 1.29 is 5.11 Å². The van der Waals surface area contributed by atoms with Crippen molar-refractivity contribution in [3.05, 3.63) is 34.4 Å². The van der Waals surface area contributed by atoms with Gasteiger partial charge >= 0.3 is 0 Å². The van der Waals surface area contributed by atoms with E-state index in [2.05, 4.69) is 32.3 Å². The van der Waals surface area contributed by atoms with E-state index in [4.69, 9.17) is 0 Å². The molecule has 2 aromatic heterocycles. The molecule has 24 heavy (non-hydrogen) atoms. The minimum Gasteiger partial charge on any atom is -0.396 e. The van der Waals surface area contributed by atoms with Gasteiger partial charge in [0.15, 0.2) is 0 Å². The summed E-state index contributed by atoms with van der Waals surface area (Å²) < 4.78 is 0. The lowest BCUT2D eigenvalue weighted by Crippen LogP contribution is -2.34. The van der Waals surface area contributed by atoms with Gasteiger partial charge in [0.1, 0.15) is 5.82 Å². The fourth-order valence-electron chi connectivity index (χ4n) is 3.32. The Labute approximate surface area is 146 Å². The highest BCUT2D eigenvalue weighted by molar-refractivity contribution is 7.09. The van der Waals surface area contributed by atoms with Crippen LogP contribution in [0.2, 0.25) is 0 Å². The number of aliphatic hydroxyl groups excluding tert-OH is 1. The van der Waals surface area contributed by atoms with Gasteiger partial charge in [0.05, 0.1) is 29.6 Å². The minimum absolute atomic E-state index is 0.315. The Morgan fingerprint density at radius 2 is 2.00 bits per heavy atom. The van der Waals surface area contributed by atoms with Crippen LogP contribution in [0.15, 0.2) is 23.8 Å². The number of aromatic nitrogens is 2. The Hall–Kier alpha value is -1.66. The maximum absolute atomic E-state index is 9.24. The lowest BCUT2D eigenvalue weighted by atomic mass is 9.98. The summed E-state index contributed by atoms with van der Waals surface area (Å²) in [6.45, 7) is 3.14. The number of anilines is 2. The van der Waals surface area contributed by atoms with Gasteiger partial charge in [-0.25, -0.2) is 9.97 Å². The number of nitrogens with zero attached hydrogens (tertiary/aromatic N) is 3. The van der Waals surface area contributed by atoms with Gasteiger partial charge in [-0.1, -0.05) is 0 Å². The molecule has 3 heterocycles. The molecule has 0 unspecified atom stereocenters. The van der Waals surface area contributed by atoms with Crippen LogP contribution in [0.3, 0.4) is 0 Å². The van der Waals surface area contributed by atoms with Gasteiger partial charge in [-0.15, -0.1) is 11.3 Å². The summed E-state index contributed by atoms with van der Waals surface area (Å²) in [4.78, 5) is 12.8. The predicted octanol–water partition coefficient (Wildman–Crippen LogP) is 3.24.